The normalized spacial score (nSPS) is 9.63. The van der Waals surface area contributed by atoms with Gasteiger partial charge >= 0.3 is 0 Å². The second kappa shape index (κ2) is 5.33. The molecule has 2 rings (SSSR count). The highest BCUT2D eigenvalue weighted by molar-refractivity contribution is 7.11. The maximum atomic E-state index is 11.7. The van der Waals surface area contributed by atoms with Gasteiger partial charge in [-0.15, -0.1) is 11.3 Å². The van der Waals surface area contributed by atoms with Crippen molar-refractivity contribution in [3.8, 4) is 17.2 Å². The molecule has 19 heavy (non-hydrogen) atoms. The van der Waals surface area contributed by atoms with Crippen molar-refractivity contribution in [2.24, 2.45) is 5.73 Å². The predicted octanol–water partition coefficient (Wildman–Crippen LogP) is 1.91. The third-order valence-electron chi connectivity index (χ3n) is 2.45. The van der Waals surface area contributed by atoms with Gasteiger partial charge in [-0.3, -0.25) is 15.5 Å². The van der Waals surface area contributed by atoms with Crippen molar-refractivity contribution in [2.75, 3.05) is 0 Å². The fraction of sp³-hybridized carbons (Fsp3) is 0. The number of amides is 1. The highest BCUT2D eigenvalue weighted by Crippen LogP contribution is 2.28. The van der Waals surface area contributed by atoms with Gasteiger partial charge in [-0.25, -0.2) is 0 Å². The van der Waals surface area contributed by atoms with Crippen LogP contribution in [0.4, 0.5) is 0 Å². The Morgan fingerprint density at radius 2 is 2.21 bits per heavy atom. The first-order valence-corrected chi connectivity index (χ1v) is 6.23. The van der Waals surface area contributed by atoms with Gasteiger partial charge in [-0.1, -0.05) is 12.1 Å². The second-order valence-electron chi connectivity index (χ2n) is 3.72. The van der Waals surface area contributed by atoms with Crippen LogP contribution in [0, 0.1) is 16.7 Å². The smallest absolute Gasteiger partial charge is 0.257 e. The number of benzene rings is 1. The number of hydrogen-bond donors (Lipinski definition) is 3. The van der Waals surface area contributed by atoms with Gasteiger partial charge in [0.15, 0.2) is 5.96 Å². The van der Waals surface area contributed by atoms with E-state index in [9.17, 15) is 4.79 Å². The zero-order chi connectivity index (χ0) is 13.8. The SMILES string of the molecule is N#Cc1sccc1-c1cccc(C(=O)NC(=N)N)c1. The van der Waals surface area contributed by atoms with Gasteiger partial charge < -0.3 is 5.73 Å². The Labute approximate surface area is 113 Å². The Bertz CT molecular complexity index is 684. The largest absolute Gasteiger partial charge is 0.370 e. The predicted molar refractivity (Wildman–Crippen MR) is 73.9 cm³/mol. The molecule has 0 unspecified atom stereocenters. The van der Waals surface area contributed by atoms with Crippen molar-refractivity contribution in [1.82, 2.24) is 5.32 Å². The van der Waals surface area contributed by atoms with E-state index in [2.05, 4.69) is 11.4 Å². The minimum atomic E-state index is -0.442. The first-order valence-electron chi connectivity index (χ1n) is 5.35. The molecule has 0 radical (unpaired) electrons. The zero-order valence-corrected chi connectivity index (χ0v) is 10.6. The number of carbonyl (C=O) groups excluding carboxylic acids is 1. The summed E-state index contributed by atoms with van der Waals surface area (Å²) >= 11 is 1.35. The number of rotatable bonds is 2. The van der Waals surface area contributed by atoms with Crippen molar-refractivity contribution < 1.29 is 4.79 Å². The number of hydrogen-bond acceptors (Lipinski definition) is 4. The van der Waals surface area contributed by atoms with Crippen molar-refractivity contribution in [3.63, 3.8) is 0 Å². The van der Waals surface area contributed by atoms with Gasteiger partial charge in [-0.2, -0.15) is 5.26 Å². The molecule has 0 spiro atoms. The summed E-state index contributed by atoms with van der Waals surface area (Å²) in [5.74, 6) is -0.841. The molecule has 1 aromatic heterocycles. The van der Waals surface area contributed by atoms with Crippen LogP contribution >= 0.6 is 11.3 Å². The molecule has 2 aromatic rings. The van der Waals surface area contributed by atoms with E-state index < -0.39 is 11.9 Å². The summed E-state index contributed by atoms with van der Waals surface area (Å²) in [7, 11) is 0. The van der Waals surface area contributed by atoms with Gasteiger partial charge in [0.25, 0.3) is 5.91 Å². The molecule has 0 saturated carbocycles. The lowest BCUT2D eigenvalue weighted by molar-refractivity contribution is 0.0976. The molecule has 0 fully saturated rings. The summed E-state index contributed by atoms with van der Waals surface area (Å²) in [4.78, 5) is 12.3. The van der Waals surface area contributed by atoms with Crippen molar-refractivity contribution >= 4 is 23.2 Å². The van der Waals surface area contributed by atoms with E-state index in [0.29, 0.717) is 10.4 Å². The Kier molecular flexibility index (Phi) is 3.59. The molecule has 0 bridgehead atoms. The maximum absolute atomic E-state index is 11.7. The highest BCUT2D eigenvalue weighted by Gasteiger charge is 2.10. The molecule has 1 aromatic carbocycles. The minimum Gasteiger partial charge on any atom is -0.370 e. The average molecular weight is 270 g/mol. The topological polar surface area (TPSA) is 103 Å². The summed E-state index contributed by atoms with van der Waals surface area (Å²) in [6.45, 7) is 0. The Hall–Kier alpha value is -2.65. The van der Waals surface area contributed by atoms with E-state index >= 15 is 0 Å². The van der Waals surface area contributed by atoms with E-state index in [4.69, 9.17) is 16.4 Å². The van der Waals surface area contributed by atoms with Crippen LogP contribution in [-0.2, 0) is 0 Å². The monoisotopic (exact) mass is 270 g/mol. The van der Waals surface area contributed by atoms with E-state index in [1.807, 2.05) is 17.5 Å². The second-order valence-corrected chi connectivity index (χ2v) is 4.64. The number of guanidine groups is 1. The maximum Gasteiger partial charge on any atom is 0.257 e. The molecule has 0 aliphatic rings. The van der Waals surface area contributed by atoms with E-state index in [-0.39, 0.29) is 0 Å². The Morgan fingerprint density at radius 1 is 1.42 bits per heavy atom. The fourth-order valence-electron chi connectivity index (χ4n) is 1.65. The van der Waals surface area contributed by atoms with Gasteiger partial charge in [0.2, 0.25) is 0 Å². The molecule has 0 atom stereocenters. The average Bonchev–Trinajstić information content (AvgIpc) is 2.86. The van der Waals surface area contributed by atoms with Crippen LogP contribution in [0.1, 0.15) is 15.2 Å². The standard InChI is InChI=1S/C13H10N4OS/c14-7-11-10(4-5-19-11)8-2-1-3-9(6-8)12(18)17-13(15)16/h1-6H,(H4,15,16,17,18). The van der Waals surface area contributed by atoms with Gasteiger partial charge in [0, 0.05) is 11.1 Å². The number of nitrogens with one attached hydrogen (secondary N) is 2. The van der Waals surface area contributed by atoms with Crippen LogP contribution in [0.15, 0.2) is 35.7 Å². The van der Waals surface area contributed by atoms with Crippen LogP contribution in [-0.4, -0.2) is 11.9 Å². The van der Waals surface area contributed by atoms with Crippen LogP contribution in [0.2, 0.25) is 0 Å². The molecule has 5 nitrogen and oxygen atoms in total. The third kappa shape index (κ3) is 2.78. The lowest BCUT2D eigenvalue weighted by Crippen LogP contribution is -2.35. The zero-order valence-electron chi connectivity index (χ0n) is 9.81. The van der Waals surface area contributed by atoms with Crippen LogP contribution in [0.25, 0.3) is 11.1 Å². The fourth-order valence-corrected chi connectivity index (χ4v) is 2.35. The Morgan fingerprint density at radius 3 is 2.89 bits per heavy atom. The molecule has 94 valence electrons. The van der Waals surface area contributed by atoms with E-state index in [0.717, 1.165) is 11.1 Å². The first kappa shape index (κ1) is 12.8. The lowest BCUT2D eigenvalue weighted by atomic mass is 10.0. The van der Waals surface area contributed by atoms with Crippen molar-refractivity contribution in [3.05, 3.63) is 46.2 Å². The first-order chi connectivity index (χ1) is 9.11. The molecule has 0 aliphatic heterocycles. The summed E-state index contributed by atoms with van der Waals surface area (Å²) in [6.07, 6.45) is 0. The van der Waals surface area contributed by atoms with Gasteiger partial charge in [-0.05, 0) is 29.1 Å². The molecule has 6 heteroatoms. The lowest BCUT2D eigenvalue weighted by Gasteiger charge is -2.05. The quantitative estimate of drug-likeness (QED) is 0.573. The molecular weight excluding hydrogens is 260 g/mol. The summed E-state index contributed by atoms with van der Waals surface area (Å²) in [5, 5.41) is 20.1. The van der Waals surface area contributed by atoms with Crippen LogP contribution in [0.3, 0.4) is 0 Å². The molecule has 1 amide bonds. The number of nitrogens with zero attached hydrogens (tertiary/aromatic N) is 1. The van der Waals surface area contributed by atoms with Crippen LogP contribution < -0.4 is 11.1 Å². The highest BCUT2D eigenvalue weighted by atomic mass is 32.1. The molecule has 0 aliphatic carbocycles. The summed E-state index contributed by atoms with van der Waals surface area (Å²) < 4.78 is 0. The van der Waals surface area contributed by atoms with Gasteiger partial charge in [0.1, 0.15) is 10.9 Å². The molecule has 4 N–H and O–H groups in total. The number of carbonyl (C=O) groups is 1. The molecular formula is C13H10N4OS. The van der Waals surface area contributed by atoms with E-state index in [1.54, 1.807) is 18.2 Å². The summed E-state index contributed by atoms with van der Waals surface area (Å²) in [6, 6.07) is 10.8. The van der Waals surface area contributed by atoms with Crippen LogP contribution in [0.5, 0.6) is 0 Å². The third-order valence-corrected chi connectivity index (χ3v) is 3.27. The van der Waals surface area contributed by atoms with Crippen molar-refractivity contribution in [1.29, 1.82) is 10.7 Å². The minimum absolute atomic E-state index is 0.391. The van der Waals surface area contributed by atoms with Gasteiger partial charge in [0.05, 0.1) is 0 Å². The Balaban J connectivity index is 2.38. The number of nitriles is 1. The number of thiophene rings is 1. The number of nitrogens with two attached hydrogens (primary N) is 1. The molecule has 0 saturated heterocycles. The molecule has 1 heterocycles. The van der Waals surface area contributed by atoms with E-state index in [1.165, 1.54) is 11.3 Å². The van der Waals surface area contributed by atoms with Crippen molar-refractivity contribution in [2.45, 2.75) is 0 Å². The summed E-state index contributed by atoms with van der Waals surface area (Å²) in [5.41, 5.74) is 7.09.